The Bertz CT molecular complexity index is 180. The van der Waals surface area contributed by atoms with E-state index in [1.165, 1.54) is 0 Å². The summed E-state index contributed by atoms with van der Waals surface area (Å²) in [4.78, 5) is 10.5. The predicted molar refractivity (Wildman–Crippen MR) is 50.1 cm³/mol. The van der Waals surface area contributed by atoms with Crippen molar-refractivity contribution >= 4 is 5.97 Å². The number of carboxylic acid groups (broad SMARTS) is 1. The van der Waals surface area contributed by atoms with Gasteiger partial charge in [-0.2, -0.15) is 0 Å². The molecule has 0 atom stereocenters. The van der Waals surface area contributed by atoms with Gasteiger partial charge in [-0.25, -0.2) is 0 Å². The van der Waals surface area contributed by atoms with E-state index < -0.39 is 5.97 Å². The van der Waals surface area contributed by atoms with Crippen LogP contribution in [0.5, 0.6) is 0 Å². The summed E-state index contributed by atoms with van der Waals surface area (Å²) >= 11 is 0. The maximum Gasteiger partial charge on any atom is 0.303 e. The number of carboxylic acids is 1. The standard InChI is InChI=1S/C10H18O2/c1-5-8(2)6-10(3,4)7-9(11)12/h2,5-7H2,1,3-4H3,(H,11,12). The smallest absolute Gasteiger partial charge is 0.303 e. The quantitative estimate of drug-likeness (QED) is 0.644. The van der Waals surface area contributed by atoms with Gasteiger partial charge < -0.3 is 5.11 Å². The Morgan fingerprint density at radius 2 is 1.92 bits per heavy atom. The van der Waals surface area contributed by atoms with Gasteiger partial charge in [-0.3, -0.25) is 4.79 Å². The van der Waals surface area contributed by atoms with Crippen LogP contribution >= 0.6 is 0 Å². The van der Waals surface area contributed by atoms with E-state index in [2.05, 4.69) is 6.58 Å². The summed E-state index contributed by atoms with van der Waals surface area (Å²) in [5.74, 6) is -0.732. The van der Waals surface area contributed by atoms with E-state index in [4.69, 9.17) is 5.11 Å². The zero-order valence-electron chi connectivity index (χ0n) is 8.18. The van der Waals surface area contributed by atoms with Crippen LogP contribution in [-0.2, 0) is 4.79 Å². The fourth-order valence-electron chi connectivity index (χ4n) is 1.27. The molecule has 0 aliphatic rings. The summed E-state index contributed by atoms with van der Waals surface area (Å²) in [5.41, 5.74) is 0.972. The Kier molecular flexibility index (Phi) is 4.01. The lowest BCUT2D eigenvalue weighted by atomic mass is 9.82. The number of rotatable bonds is 5. The third-order valence-corrected chi connectivity index (χ3v) is 1.86. The normalized spacial score (nSPS) is 11.2. The van der Waals surface area contributed by atoms with Gasteiger partial charge >= 0.3 is 5.97 Å². The number of hydrogen-bond donors (Lipinski definition) is 1. The van der Waals surface area contributed by atoms with Crippen molar-refractivity contribution in [1.82, 2.24) is 0 Å². The lowest BCUT2D eigenvalue weighted by Gasteiger charge is -2.22. The molecule has 0 heterocycles. The Morgan fingerprint density at radius 3 is 2.25 bits per heavy atom. The molecule has 0 bridgehead atoms. The van der Waals surface area contributed by atoms with Crippen LogP contribution in [0.25, 0.3) is 0 Å². The van der Waals surface area contributed by atoms with Crippen molar-refractivity contribution < 1.29 is 9.90 Å². The molecule has 0 spiro atoms. The highest BCUT2D eigenvalue weighted by molar-refractivity contribution is 5.67. The molecule has 0 saturated carbocycles. The van der Waals surface area contributed by atoms with Crippen LogP contribution in [0, 0.1) is 5.41 Å². The second kappa shape index (κ2) is 4.29. The van der Waals surface area contributed by atoms with Gasteiger partial charge in [0.05, 0.1) is 6.42 Å². The van der Waals surface area contributed by atoms with Gasteiger partial charge in [0.25, 0.3) is 0 Å². The summed E-state index contributed by atoms with van der Waals surface area (Å²) in [7, 11) is 0. The second-order valence-corrected chi connectivity index (χ2v) is 4.02. The third-order valence-electron chi connectivity index (χ3n) is 1.86. The van der Waals surface area contributed by atoms with Crippen LogP contribution in [0.3, 0.4) is 0 Å². The summed E-state index contributed by atoms with van der Waals surface area (Å²) in [5, 5.41) is 8.61. The summed E-state index contributed by atoms with van der Waals surface area (Å²) in [6, 6.07) is 0. The van der Waals surface area contributed by atoms with Crippen LogP contribution < -0.4 is 0 Å². The Labute approximate surface area is 74.3 Å². The van der Waals surface area contributed by atoms with Crippen molar-refractivity contribution in [3.8, 4) is 0 Å². The van der Waals surface area contributed by atoms with Crippen molar-refractivity contribution in [3.05, 3.63) is 12.2 Å². The molecule has 0 rings (SSSR count). The highest BCUT2D eigenvalue weighted by atomic mass is 16.4. The molecule has 0 aromatic heterocycles. The molecule has 0 fully saturated rings. The van der Waals surface area contributed by atoms with E-state index in [9.17, 15) is 4.79 Å². The first-order valence-corrected chi connectivity index (χ1v) is 4.26. The SMILES string of the molecule is C=C(CC)CC(C)(C)CC(=O)O. The molecular weight excluding hydrogens is 152 g/mol. The van der Waals surface area contributed by atoms with Crippen LogP contribution in [0.2, 0.25) is 0 Å². The van der Waals surface area contributed by atoms with Crippen molar-refractivity contribution in [2.45, 2.75) is 40.0 Å². The molecule has 12 heavy (non-hydrogen) atoms. The minimum atomic E-state index is -0.732. The van der Waals surface area contributed by atoms with Gasteiger partial charge in [0.1, 0.15) is 0 Å². The Balaban J connectivity index is 4.03. The lowest BCUT2D eigenvalue weighted by molar-refractivity contribution is -0.139. The molecule has 1 N–H and O–H groups in total. The van der Waals surface area contributed by atoms with Gasteiger partial charge in [0.15, 0.2) is 0 Å². The largest absolute Gasteiger partial charge is 0.481 e. The maximum absolute atomic E-state index is 10.5. The molecule has 0 aromatic carbocycles. The van der Waals surface area contributed by atoms with Crippen LogP contribution in [-0.4, -0.2) is 11.1 Å². The molecule has 0 amide bonds. The third kappa shape index (κ3) is 4.94. The summed E-state index contributed by atoms with van der Waals surface area (Å²) in [6.45, 7) is 9.83. The first-order valence-electron chi connectivity index (χ1n) is 4.26. The lowest BCUT2D eigenvalue weighted by Crippen LogP contribution is -2.17. The minimum Gasteiger partial charge on any atom is -0.481 e. The number of allylic oxidation sites excluding steroid dienone is 1. The molecule has 70 valence electrons. The van der Waals surface area contributed by atoms with Crippen molar-refractivity contribution in [3.63, 3.8) is 0 Å². The fourth-order valence-corrected chi connectivity index (χ4v) is 1.27. The average Bonchev–Trinajstić information content (AvgIpc) is 1.83. The first kappa shape index (κ1) is 11.2. The molecule has 0 unspecified atom stereocenters. The molecule has 0 aliphatic heterocycles. The summed E-state index contributed by atoms with van der Waals surface area (Å²) in [6.07, 6.45) is 1.95. The number of hydrogen-bond acceptors (Lipinski definition) is 1. The molecular formula is C10H18O2. The van der Waals surface area contributed by atoms with Crippen LogP contribution in [0.15, 0.2) is 12.2 Å². The van der Waals surface area contributed by atoms with E-state index in [0.29, 0.717) is 0 Å². The highest BCUT2D eigenvalue weighted by Gasteiger charge is 2.21. The minimum absolute atomic E-state index is 0.154. The fraction of sp³-hybridized carbons (Fsp3) is 0.700. The van der Waals surface area contributed by atoms with Gasteiger partial charge in [0, 0.05) is 0 Å². The van der Waals surface area contributed by atoms with Crippen LogP contribution in [0.1, 0.15) is 40.0 Å². The van der Waals surface area contributed by atoms with E-state index in [1.807, 2.05) is 20.8 Å². The molecule has 2 heteroatoms. The molecule has 0 saturated heterocycles. The highest BCUT2D eigenvalue weighted by Crippen LogP contribution is 2.29. The molecule has 2 nitrogen and oxygen atoms in total. The van der Waals surface area contributed by atoms with E-state index in [1.54, 1.807) is 0 Å². The van der Waals surface area contributed by atoms with E-state index in [-0.39, 0.29) is 11.8 Å². The van der Waals surface area contributed by atoms with E-state index in [0.717, 1.165) is 18.4 Å². The first-order chi connectivity index (χ1) is 5.37. The second-order valence-electron chi connectivity index (χ2n) is 4.02. The van der Waals surface area contributed by atoms with Gasteiger partial charge in [0.2, 0.25) is 0 Å². The van der Waals surface area contributed by atoms with Crippen molar-refractivity contribution in [1.29, 1.82) is 0 Å². The monoisotopic (exact) mass is 170 g/mol. The van der Waals surface area contributed by atoms with Crippen molar-refractivity contribution in [2.24, 2.45) is 5.41 Å². The number of aliphatic carboxylic acids is 1. The predicted octanol–water partition coefficient (Wildman–Crippen LogP) is 2.84. The summed E-state index contributed by atoms with van der Waals surface area (Å²) < 4.78 is 0. The van der Waals surface area contributed by atoms with E-state index >= 15 is 0 Å². The van der Waals surface area contributed by atoms with Gasteiger partial charge in [-0.05, 0) is 18.3 Å². The zero-order chi connectivity index (χ0) is 9.78. The maximum atomic E-state index is 10.5. The molecule has 0 aromatic rings. The Morgan fingerprint density at radius 1 is 1.42 bits per heavy atom. The molecule has 0 radical (unpaired) electrons. The van der Waals surface area contributed by atoms with Crippen LogP contribution in [0.4, 0.5) is 0 Å². The topological polar surface area (TPSA) is 37.3 Å². The Hall–Kier alpha value is -0.790. The van der Waals surface area contributed by atoms with Gasteiger partial charge in [-0.15, -0.1) is 0 Å². The van der Waals surface area contributed by atoms with Gasteiger partial charge in [-0.1, -0.05) is 32.9 Å². The number of carbonyl (C=O) groups is 1. The average molecular weight is 170 g/mol. The van der Waals surface area contributed by atoms with Crippen molar-refractivity contribution in [2.75, 3.05) is 0 Å². The molecule has 0 aliphatic carbocycles. The zero-order valence-corrected chi connectivity index (χ0v) is 8.18.